The third-order valence-electron chi connectivity index (χ3n) is 0.977. The van der Waals surface area contributed by atoms with Crippen molar-refractivity contribution in [3.8, 4) is 0 Å². The van der Waals surface area contributed by atoms with Crippen molar-refractivity contribution in [3.05, 3.63) is 23.3 Å². The topological polar surface area (TPSA) is 0 Å². The van der Waals surface area contributed by atoms with Crippen LogP contribution in [0.1, 0.15) is 13.3 Å². The van der Waals surface area contributed by atoms with Gasteiger partial charge in [-0.3, -0.25) is 0 Å². The minimum Gasteiger partial charge on any atom is -0.0612 e. The van der Waals surface area contributed by atoms with Crippen LogP contribution in [-0.4, -0.2) is 0 Å². The van der Waals surface area contributed by atoms with Crippen LogP contribution in [0.25, 0.3) is 0 Å². The summed E-state index contributed by atoms with van der Waals surface area (Å²) < 4.78 is 0. The summed E-state index contributed by atoms with van der Waals surface area (Å²) in [7, 11) is 1.40. The predicted octanol–water partition coefficient (Wildman–Crippen LogP) is 2.75. The van der Waals surface area contributed by atoms with Gasteiger partial charge in [-0.15, -0.1) is 0 Å². The van der Waals surface area contributed by atoms with Crippen molar-refractivity contribution in [1.29, 1.82) is 0 Å². The molecule has 0 atom stereocenters. The monoisotopic (exact) mass is 111 g/mol. The lowest BCUT2D eigenvalue weighted by atomic mass is 10.4. The molecule has 0 aromatic heterocycles. The van der Waals surface area contributed by atoms with Crippen LogP contribution in [0.5, 0.6) is 0 Å². The minimum absolute atomic E-state index is 1.20. The Morgan fingerprint density at radius 1 is 1.71 bits per heavy atom. The third-order valence-corrected chi connectivity index (χ3v) is 2.10. The van der Waals surface area contributed by atoms with Crippen LogP contribution in [0.2, 0.25) is 0 Å². The number of allylic oxidation sites excluding steroid dienone is 3. The molecule has 0 aliphatic carbocycles. The summed E-state index contributed by atoms with van der Waals surface area (Å²) in [5.41, 5.74) is 0. The fourth-order valence-electron chi connectivity index (χ4n) is 0.545. The fraction of sp³-hybridized carbons (Fsp3) is 0.333. The molecule has 0 aromatic carbocycles. The summed E-state index contributed by atoms with van der Waals surface area (Å²) in [5.74, 6) is 2.17. The highest BCUT2D eigenvalue weighted by atomic mass is 31.1. The molecule has 0 saturated heterocycles. The molecule has 0 saturated carbocycles. The van der Waals surface area contributed by atoms with E-state index in [1.165, 1.54) is 20.3 Å². The van der Waals surface area contributed by atoms with E-state index in [9.17, 15) is 0 Å². The molecule has 0 unspecified atom stereocenters. The zero-order valence-corrected chi connectivity index (χ0v) is 5.28. The van der Waals surface area contributed by atoms with Gasteiger partial charge in [0.15, 0.2) is 0 Å². The SMILES string of the molecule is CCC1=CC=C[P]1. The van der Waals surface area contributed by atoms with Crippen molar-refractivity contribution in [2.45, 2.75) is 13.3 Å². The van der Waals surface area contributed by atoms with E-state index in [4.69, 9.17) is 0 Å². The second kappa shape index (κ2) is 2.28. The first-order valence-corrected chi connectivity index (χ1v) is 3.46. The first kappa shape index (κ1) is 5.05. The number of hydrogen-bond acceptors (Lipinski definition) is 0. The maximum absolute atomic E-state index is 2.19. The molecule has 0 bridgehead atoms. The Kier molecular flexibility index (Phi) is 1.64. The molecule has 0 amide bonds. The van der Waals surface area contributed by atoms with Crippen LogP contribution in [0.15, 0.2) is 23.3 Å². The van der Waals surface area contributed by atoms with Crippen LogP contribution in [0, 0.1) is 0 Å². The zero-order valence-electron chi connectivity index (χ0n) is 4.39. The Morgan fingerprint density at radius 3 is 2.86 bits per heavy atom. The highest BCUT2D eigenvalue weighted by Gasteiger charge is 1.93. The summed E-state index contributed by atoms with van der Waals surface area (Å²) in [6.07, 6.45) is 5.50. The molecular weight excluding hydrogens is 103 g/mol. The molecule has 7 heavy (non-hydrogen) atoms. The standard InChI is InChI=1S/C6H8P/c1-2-6-4-3-5-7-6/h3-5H,2H2,1H3. The summed E-state index contributed by atoms with van der Waals surface area (Å²) in [4.78, 5) is 0. The molecule has 1 rings (SSSR count). The van der Waals surface area contributed by atoms with Gasteiger partial charge in [0.05, 0.1) is 0 Å². The average Bonchev–Trinajstić information content (AvgIpc) is 2.14. The molecule has 0 aromatic rings. The smallest absolute Gasteiger partial charge is 0.0225 e. The van der Waals surface area contributed by atoms with E-state index in [1.54, 1.807) is 0 Å². The van der Waals surface area contributed by atoms with Gasteiger partial charge in [-0.2, -0.15) is 0 Å². The van der Waals surface area contributed by atoms with Crippen molar-refractivity contribution in [2.24, 2.45) is 0 Å². The molecule has 1 aliphatic heterocycles. The fourth-order valence-corrected chi connectivity index (χ4v) is 1.26. The highest BCUT2D eigenvalue weighted by Crippen LogP contribution is 2.31. The first-order chi connectivity index (χ1) is 3.43. The summed E-state index contributed by atoms with van der Waals surface area (Å²) in [6, 6.07) is 0. The maximum atomic E-state index is 2.19. The maximum Gasteiger partial charge on any atom is -0.0225 e. The zero-order chi connectivity index (χ0) is 5.11. The Labute approximate surface area is 46.1 Å². The lowest BCUT2D eigenvalue weighted by Gasteiger charge is -1.87. The second-order valence-corrected chi connectivity index (χ2v) is 2.61. The van der Waals surface area contributed by atoms with Crippen LogP contribution < -0.4 is 0 Å². The van der Waals surface area contributed by atoms with Crippen molar-refractivity contribution < 1.29 is 0 Å². The summed E-state index contributed by atoms with van der Waals surface area (Å²) >= 11 is 0. The van der Waals surface area contributed by atoms with Crippen molar-refractivity contribution in [3.63, 3.8) is 0 Å². The molecule has 37 valence electrons. The molecule has 1 radical (unpaired) electrons. The minimum atomic E-state index is 1.20. The van der Waals surface area contributed by atoms with Crippen LogP contribution in [0.4, 0.5) is 0 Å². The lowest BCUT2D eigenvalue weighted by molar-refractivity contribution is 1.20. The largest absolute Gasteiger partial charge is 0.0612 e. The van der Waals surface area contributed by atoms with Crippen molar-refractivity contribution in [2.75, 3.05) is 0 Å². The van der Waals surface area contributed by atoms with Gasteiger partial charge < -0.3 is 0 Å². The number of hydrogen-bond donors (Lipinski definition) is 0. The highest BCUT2D eigenvalue weighted by molar-refractivity contribution is 7.46. The molecule has 0 spiro atoms. The first-order valence-electron chi connectivity index (χ1n) is 2.50. The van der Waals surface area contributed by atoms with E-state index in [-0.39, 0.29) is 0 Å². The van der Waals surface area contributed by atoms with Gasteiger partial charge in [0.1, 0.15) is 0 Å². The van der Waals surface area contributed by atoms with Gasteiger partial charge in [-0.1, -0.05) is 24.9 Å². The Hall–Kier alpha value is -0.0900. The van der Waals surface area contributed by atoms with Crippen LogP contribution >= 0.6 is 8.58 Å². The molecule has 0 N–H and O–H groups in total. The van der Waals surface area contributed by atoms with E-state index < -0.39 is 0 Å². The van der Waals surface area contributed by atoms with Crippen molar-refractivity contribution in [1.82, 2.24) is 0 Å². The van der Waals surface area contributed by atoms with E-state index in [0.717, 1.165) is 0 Å². The molecule has 1 heteroatoms. The van der Waals surface area contributed by atoms with Crippen LogP contribution in [0.3, 0.4) is 0 Å². The normalized spacial score (nSPS) is 21.0. The predicted molar refractivity (Wildman–Crippen MR) is 34.4 cm³/mol. The van der Waals surface area contributed by atoms with Crippen molar-refractivity contribution >= 4 is 8.58 Å². The van der Waals surface area contributed by atoms with E-state index >= 15 is 0 Å². The van der Waals surface area contributed by atoms with E-state index in [2.05, 4.69) is 24.9 Å². The van der Waals surface area contributed by atoms with E-state index in [0.29, 0.717) is 0 Å². The Bertz CT molecular complexity index is 111. The molecule has 1 aliphatic rings. The van der Waals surface area contributed by atoms with Gasteiger partial charge in [-0.05, 0) is 20.3 Å². The Balaban J connectivity index is 2.45. The Morgan fingerprint density at radius 2 is 2.57 bits per heavy atom. The van der Waals surface area contributed by atoms with Gasteiger partial charge in [0.25, 0.3) is 0 Å². The average molecular weight is 111 g/mol. The third kappa shape index (κ3) is 1.14. The molecule has 0 fully saturated rings. The quantitative estimate of drug-likeness (QED) is 0.456. The lowest BCUT2D eigenvalue weighted by Crippen LogP contribution is -1.58. The van der Waals surface area contributed by atoms with Crippen LogP contribution in [-0.2, 0) is 0 Å². The number of rotatable bonds is 1. The summed E-state index contributed by atoms with van der Waals surface area (Å²) in [5, 5.41) is 1.53. The molecule has 1 heterocycles. The van der Waals surface area contributed by atoms with Gasteiger partial charge in [0, 0.05) is 0 Å². The molecular formula is C6H8P. The van der Waals surface area contributed by atoms with E-state index in [1.807, 2.05) is 0 Å². The van der Waals surface area contributed by atoms with Gasteiger partial charge in [0.2, 0.25) is 0 Å². The van der Waals surface area contributed by atoms with Gasteiger partial charge >= 0.3 is 0 Å². The second-order valence-electron chi connectivity index (χ2n) is 1.48. The van der Waals surface area contributed by atoms with Gasteiger partial charge in [-0.25, -0.2) is 0 Å². The molecule has 0 nitrogen and oxygen atoms in total. The summed E-state index contributed by atoms with van der Waals surface area (Å²) in [6.45, 7) is 2.19.